The van der Waals surface area contributed by atoms with Crippen molar-refractivity contribution in [3.05, 3.63) is 73.4 Å². The molecule has 1 aromatic heterocycles. The molecule has 0 aliphatic carbocycles. The van der Waals surface area contributed by atoms with Crippen molar-refractivity contribution in [3.8, 4) is 0 Å². The second kappa shape index (κ2) is 11.1. The molecule has 10 heteroatoms. The number of nitrogens with one attached hydrogen (secondary N) is 1. The normalized spacial score (nSPS) is 12.2. The van der Waals surface area contributed by atoms with Gasteiger partial charge in [-0.3, -0.25) is 4.79 Å². The molecule has 0 radical (unpaired) electrons. The van der Waals surface area contributed by atoms with Crippen LogP contribution in [-0.2, 0) is 12.3 Å². The number of thioether (sulfide) groups is 1. The highest BCUT2D eigenvalue weighted by Crippen LogP contribution is 2.30. The first-order valence-electron chi connectivity index (χ1n) is 9.97. The van der Waals surface area contributed by atoms with Gasteiger partial charge in [0.25, 0.3) is 5.91 Å². The van der Waals surface area contributed by atoms with E-state index >= 15 is 0 Å². The summed E-state index contributed by atoms with van der Waals surface area (Å²) in [5, 5.41) is 14.5. The van der Waals surface area contributed by atoms with Crippen LogP contribution in [0.1, 0.15) is 48.6 Å². The van der Waals surface area contributed by atoms with Crippen LogP contribution in [0.25, 0.3) is 0 Å². The molecule has 170 valence electrons. The van der Waals surface area contributed by atoms with Gasteiger partial charge in [-0.1, -0.05) is 78.1 Å². The molecule has 0 fully saturated rings. The van der Waals surface area contributed by atoms with Gasteiger partial charge in [0.15, 0.2) is 11.0 Å². The molecule has 1 heterocycles. The van der Waals surface area contributed by atoms with E-state index in [-0.39, 0.29) is 17.9 Å². The molecule has 1 amide bonds. The van der Waals surface area contributed by atoms with Crippen molar-refractivity contribution in [1.82, 2.24) is 20.1 Å². The molecule has 0 aliphatic heterocycles. The molecule has 32 heavy (non-hydrogen) atoms. The SMILES string of the molecule is CCn1c(SCc2ccc(Cl)cc2Cl)nnc1[C@@H](NC(=O)c1ccc(Cl)c(Cl)c1)C(C)C. The minimum atomic E-state index is -0.335. The fraction of sp³-hybridized carbons (Fsp3) is 0.318. The molecule has 0 saturated carbocycles. The zero-order valence-electron chi connectivity index (χ0n) is 17.7. The lowest BCUT2D eigenvalue weighted by Crippen LogP contribution is -2.33. The van der Waals surface area contributed by atoms with Crippen molar-refractivity contribution < 1.29 is 4.79 Å². The molecule has 1 N–H and O–H groups in total. The first-order chi connectivity index (χ1) is 15.2. The Morgan fingerprint density at radius 3 is 2.41 bits per heavy atom. The number of aromatic nitrogens is 3. The fourth-order valence-electron chi connectivity index (χ4n) is 3.11. The molecule has 5 nitrogen and oxygen atoms in total. The average molecular weight is 532 g/mol. The fourth-order valence-corrected chi connectivity index (χ4v) is 4.97. The third-order valence-corrected chi connectivity index (χ3v) is 7.19. The lowest BCUT2D eigenvalue weighted by molar-refractivity contribution is 0.0922. The molecule has 0 aliphatic rings. The lowest BCUT2D eigenvalue weighted by Gasteiger charge is -2.22. The van der Waals surface area contributed by atoms with Crippen molar-refractivity contribution in [2.75, 3.05) is 0 Å². The molecule has 1 atom stereocenters. The summed E-state index contributed by atoms with van der Waals surface area (Å²) in [7, 11) is 0. The Hall–Kier alpha value is -1.44. The Morgan fingerprint density at radius 1 is 1.03 bits per heavy atom. The van der Waals surface area contributed by atoms with Gasteiger partial charge < -0.3 is 9.88 Å². The zero-order chi connectivity index (χ0) is 23.4. The predicted molar refractivity (Wildman–Crippen MR) is 133 cm³/mol. The summed E-state index contributed by atoms with van der Waals surface area (Å²) in [4.78, 5) is 12.9. The van der Waals surface area contributed by atoms with Gasteiger partial charge >= 0.3 is 0 Å². The molecule has 0 saturated heterocycles. The molecule has 0 bridgehead atoms. The first-order valence-corrected chi connectivity index (χ1v) is 12.5. The Labute approximate surface area is 211 Å². The van der Waals surface area contributed by atoms with Gasteiger partial charge in [-0.2, -0.15) is 0 Å². The maximum atomic E-state index is 12.9. The summed E-state index contributed by atoms with van der Waals surface area (Å²) in [6, 6.07) is 9.90. The van der Waals surface area contributed by atoms with Gasteiger partial charge in [-0.25, -0.2) is 0 Å². The second-order valence-electron chi connectivity index (χ2n) is 7.43. The van der Waals surface area contributed by atoms with Gasteiger partial charge in [-0.05, 0) is 48.7 Å². The minimum absolute atomic E-state index is 0.0831. The summed E-state index contributed by atoms with van der Waals surface area (Å²) < 4.78 is 2.01. The van der Waals surface area contributed by atoms with Crippen LogP contribution in [0.3, 0.4) is 0 Å². The first kappa shape index (κ1) is 25.2. The summed E-state index contributed by atoms with van der Waals surface area (Å²) >= 11 is 25.9. The van der Waals surface area contributed by atoms with Crippen molar-refractivity contribution in [1.29, 1.82) is 0 Å². The molecule has 3 aromatic rings. The maximum Gasteiger partial charge on any atom is 0.251 e. The third-order valence-electron chi connectivity index (χ3n) is 4.85. The highest BCUT2D eigenvalue weighted by Gasteiger charge is 2.26. The molecular formula is C22H22Cl4N4OS. The van der Waals surface area contributed by atoms with E-state index < -0.39 is 0 Å². The molecule has 3 rings (SSSR count). The second-order valence-corrected chi connectivity index (χ2v) is 10.0. The molecule has 0 spiro atoms. The van der Waals surface area contributed by atoms with E-state index in [1.807, 2.05) is 37.5 Å². The Bertz CT molecular complexity index is 1120. The number of amides is 1. The van der Waals surface area contributed by atoms with Crippen molar-refractivity contribution in [2.24, 2.45) is 5.92 Å². The van der Waals surface area contributed by atoms with Crippen LogP contribution in [0.5, 0.6) is 0 Å². The van der Waals surface area contributed by atoms with Crippen LogP contribution in [0.15, 0.2) is 41.6 Å². The topological polar surface area (TPSA) is 59.8 Å². The lowest BCUT2D eigenvalue weighted by atomic mass is 10.0. The van der Waals surface area contributed by atoms with Crippen molar-refractivity contribution in [3.63, 3.8) is 0 Å². The minimum Gasteiger partial charge on any atom is -0.342 e. The number of rotatable bonds is 8. The van der Waals surface area contributed by atoms with Gasteiger partial charge in [0.2, 0.25) is 0 Å². The number of carbonyl (C=O) groups is 1. The van der Waals surface area contributed by atoms with Crippen LogP contribution in [0.4, 0.5) is 0 Å². The number of nitrogens with zero attached hydrogens (tertiary/aromatic N) is 3. The van der Waals surface area contributed by atoms with Crippen LogP contribution in [-0.4, -0.2) is 20.7 Å². The standard InChI is InChI=1S/C22H22Cl4N4OS/c1-4-30-20(28-29-22(30)32-11-14-5-7-15(23)10-17(14)25)19(12(2)3)27-21(31)13-6-8-16(24)18(26)9-13/h5-10,12,19H,4,11H2,1-3H3,(H,27,31)/t19-/m0/s1. The number of carbonyl (C=O) groups excluding carboxylic acids is 1. The summed E-state index contributed by atoms with van der Waals surface area (Å²) in [6.07, 6.45) is 0. The van der Waals surface area contributed by atoms with Crippen LogP contribution >= 0.6 is 58.2 Å². The van der Waals surface area contributed by atoms with E-state index in [0.29, 0.717) is 43.8 Å². The maximum absolute atomic E-state index is 12.9. The van der Waals surface area contributed by atoms with Gasteiger partial charge in [0.1, 0.15) is 0 Å². The van der Waals surface area contributed by atoms with Gasteiger partial charge in [0.05, 0.1) is 16.1 Å². The van der Waals surface area contributed by atoms with Crippen molar-refractivity contribution >= 4 is 64.1 Å². The smallest absolute Gasteiger partial charge is 0.251 e. The Balaban J connectivity index is 1.81. The Morgan fingerprint density at radius 2 is 1.78 bits per heavy atom. The van der Waals surface area contributed by atoms with Crippen LogP contribution < -0.4 is 5.32 Å². The zero-order valence-corrected chi connectivity index (χ0v) is 21.5. The number of hydrogen-bond donors (Lipinski definition) is 1. The van der Waals surface area contributed by atoms with Crippen LogP contribution in [0.2, 0.25) is 20.1 Å². The quantitative estimate of drug-likeness (QED) is 0.309. The predicted octanol–water partition coefficient (Wildman–Crippen LogP) is 7.33. The van der Waals surface area contributed by atoms with E-state index in [4.69, 9.17) is 46.4 Å². The third kappa shape index (κ3) is 5.91. The van der Waals surface area contributed by atoms with Crippen molar-refractivity contribution in [2.45, 2.75) is 44.3 Å². The van der Waals surface area contributed by atoms with Gasteiger partial charge in [-0.15, -0.1) is 10.2 Å². The number of benzene rings is 2. The highest BCUT2D eigenvalue weighted by atomic mass is 35.5. The number of halogens is 4. The van der Waals surface area contributed by atoms with E-state index in [9.17, 15) is 4.79 Å². The van der Waals surface area contributed by atoms with Crippen LogP contribution in [0, 0.1) is 5.92 Å². The van der Waals surface area contributed by atoms with E-state index in [0.717, 1.165) is 10.7 Å². The van der Waals surface area contributed by atoms with E-state index in [1.54, 1.807) is 24.3 Å². The average Bonchev–Trinajstić information content (AvgIpc) is 3.15. The summed E-state index contributed by atoms with van der Waals surface area (Å²) in [5.41, 5.74) is 1.39. The van der Waals surface area contributed by atoms with E-state index in [2.05, 4.69) is 15.5 Å². The largest absolute Gasteiger partial charge is 0.342 e. The molecule has 2 aromatic carbocycles. The van der Waals surface area contributed by atoms with Gasteiger partial charge in [0, 0.05) is 27.9 Å². The van der Waals surface area contributed by atoms with E-state index in [1.165, 1.54) is 11.8 Å². The molecular weight excluding hydrogens is 510 g/mol. The number of hydrogen-bond acceptors (Lipinski definition) is 4. The highest BCUT2D eigenvalue weighted by molar-refractivity contribution is 7.98. The molecule has 0 unspecified atom stereocenters. The summed E-state index contributed by atoms with van der Waals surface area (Å²) in [5.74, 6) is 1.14. The monoisotopic (exact) mass is 530 g/mol. The summed E-state index contributed by atoms with van der Waals surface area (Å²) in [6.45, 7) is 6.72. The Kier molecular flexibility index (Phi) is 8.75.